The smallest absolute Gasteiger partial charge is 0.233 e. The SMILES string of the molecule is Cc1cc2nc(-c3ccc(SCC(=O)N4CCCC[C@@H]4C)nc3)[nH]c2cc1C. The Kier molecular flexibility index (Phi) is 5.40. The van der Waals surface area contributed by atoms with Gasteiger partial charge >= 0.3 is 0 Å². The van der Waals surface area contributed by atoms with E-state index in [0.717, 1.165) is 46.8 Å². The second kappa shape index (κ2) is 7.95. The summed E-state index contributed by atoms with van der Waals surface area (Å²) in [7, 11) is 0. The Hall–Kier alpha value is -2.34. The highest BCUT2D eigenvalue weighted by Gasteiger charge is 2.23. The molecule has 28 heavy (non-hydrogen) atoms. The van der Waals surface area contributed by atoms with Crippen molar-refractivity contribution in [3.05, 3.63) is 41.6 Å². The van der Waals surface area contributed by atoms with E-state index >= 15 is 0 Å². The minimum atomic E-state index is 0.214. The third-order valence-electron chi connectivity index (χ3n) is 5.57. The summed E-state index contributed by atoms with van der Waals surface area (Å²) in [6.45, 7) is 7.24. The van der Waals surface area contributed by atoms with Crippen molar-refractivity contribution >= 4 is 28.7 Å². The molecule has 1 fully saturated rings. The molecule has 5 nitrogen and oxygen atoms in total. The number of hydrogen-bond acceptors (Lipinski definition) is 4. The van der Waals surface area contributed by atoms with E-state index in [4.69, 9.17) is 4.98 Å². The van der Waals surface area contributed by atoms with Crippen LogP contribution in [0.15, 0.2) is 35.5 Å². The van der Waals surface area contributed by atoms with Gasteiger partial charge < -0.3 is 9.88 Å². The van der Waals surface area contributed by atoms with Crippen LogP contribution in [0.2, 0.25) is 0 Å². The first-order valence-corrected chi connectivity index (χ1v) is 10.9. The van der Waals surface area contributed by atoms with Crippen LogP contribution in [0.5, 0.6) is 0 Å². The molecular weight excluding hydrogens is 368 g/mol. The van der Waals surface area contributed by atoms with E-state index in [9.17, 15) is 4.79 Å². The molecule has 1 aliphatic rings. The van der Waals surface area contributed by atoms with Gasteiger partial charge in [-0.25, -0.2) is 9.97 Å². The van der Waals surface area contributed by atoms with E-state index < -0.39 is 0 Å². The number of benzene rings is 1. The number of aromatic amines is 1. The molecule has 1 aromatic carbocycles. The van der Waals surface area contributed by atoms with E-state index in [1.54, 1.807) is 0 Å². The molecule has 0 aliphatic carbocycles. The zero-order chi connectivity index (χ0) is 19.7. The van der Waals surface area contributed by atoms with Crippen molar-refractivity contribution in [2.24, 2.45) is 0 Å². The quantitative estimate of drug-likeness (QED) is 0.650. The Labute approximate surface area is 170 Å². The first kappa shape index (κ1) is 19.0. The van der Waals surface area contributed by atoms with Crippen LogP contribution in [0.4, 0.5) is 0 Å². The van der Waals surface area contributed by atoms with E-state index in [1.165, 1.54) is 29.3 Å². The molecule has 1 atom stereocenters. The molecular formula is C22H26N4OS. The number of hydrogen-bond donors (Lipinski definition) is 1. The van der Waals surface area contributed by atoms with Crippen LogP contribution in [-0.4, -0.2) is 44.1 Å². The number of nitrogens with zero attached hydrogens (tertiary/aromatic N) is 3. The standard InChI is InChI=1S/C22H26N4OS/c1-14-10-18-19(11-15(14)2)25-22(24-18)17-7-8-20(23-12-17)28-13-21(27)26-9-5-4-6-16(26)3/h7-8,10-12,16H,4-6,9,13H2,1-3H3,(H,24,25)/t16-/m0/s1. The number of rotatable bonds is 4. The predicted molar refractivity (Wildman–Crippen MR) is 115 cm³/mol. The Morgan fingerprint density at radius 1 is 1.25 bits per heavy atom. The number of thioether (sulfide) groups is 1. The van der Waals surface area contributed by atoms with Crippen LogP contribution in [0, 0.1) is 13.8 Å². The van der Waals surface area contributed by atoms with Crippen molar-refractivity contribution < 1.29 is 4.79 Å². The van der Waals surface area contributed by atoms with Gasteiger partial charge in [-0.15, -0.1) is 0 Å². The summed E-state index contributed by atoms with van der Waals surface area (Å²) >= 11 is 1.50. The molecule has 1 amide bonds. The molecule has 1 N–H and O–H groups in total. The number of carbonyl (C=O) groups is 1. The highest BCUT2D eigenvalue weighted by molar-refractivity contribution is 7.99. The number of aryl methyl sites for hydroxylation is 2. The van der Waals surface area contributed by atoms with Gasteiger partial charge in [0.15, 0.2) is 0 Å². The number of pyridine rings is 1. The topological polar surface area (TPSA) is 61.9 Å². The first-order chi connectivity index (χ1) is 13.5. The molecule has 1 saturated heterocycles. The van der Waals surface area contributed by atoms with Crippen molar-refractivity contribution in [2.75, 3.05) is 12.3 Å². The minimum Gasteiger partial charge on any atom is -0.339 e. The van der Waals surface area contributed by atoms with Gasteiger partial charge in [-0.2, -0.15) is 0 Å². The van der Waals surface area contributed by atoms with Crippen LogP contribution < -0.4 is 0 Å². The molecule has 2 aromatic heterocycles. The van der Waals surface area contributed by atoms with E-state index in [1.807, 2.05) is 23.2 Å². The summed E-state index contributed by atoms with van der Waals surface area (Å²) in [6, 6.07) is 8.58. The number of H-pyrrole nitrogens is 1. The van der Waals surface area contributed by atoms with E-state index in [2.05, 4.69) is 42.9 Å². The zero-order valence-electron chi connectivity index (χ0n) is 16.7. The highest BCUT2D eigenvalue weighted by atomic mass is 32.2. The van der Waals surface area contributed by atoms with Gasteiger partial charge in [-0.05, 0) is 75.4 Å². The second-order valence-electron chi connectivity index (χ2n) is 7.64. The number of amides is 1. The second-order valence-corrected chi connectivity index (χ2v) is 8.64. The van der Waals surface area contributed by atoms with Gasteiger partial charge in [0, 0.05) is 24.3 Å². The third-order valence-corrected chi connectivity index (χ3v) is 6.50. The van der Waals surface area contributed by atoms with E-state index in [0.29, 0.717) is 11.8 Å². The van der Waals surface area contributed by atoms with Crippen LogP contribution >= 0.6 is 11.8 Å². The number of fused-ring (bicyclic) bond motifs is 1. The normalized spacial score (nSPS) is 17.2. The number of nitrogens with one attached hydrogen (secondary N) is 1. The largest absolute Gasteiger partial charge is 0.339 e. The third kappa shape index (κ3) is 3.92. The van der Waals surface area contributed by atoms with Crippen LogP contribution in [0.1, 0.15) is 37.3 Å². The molecule has 6 heteroatoms. The van der Waals surface area contributed by atoms with Gasteiger partial charge in [0.05, 0.1) is 21.8 Å². The van der Waals surface area contributed by atoms with Crippen LogP contribution in [0.25, 0.3) is 22.4 Å². The van der Waals surface area contributed by atoms with Crippen LogP contribution in [-0.2, 0) is 4.79 Å². The lowest BCUT2D eigenvalue weighted by Crippen LogP contribution is -2.42. The first-order valence-electron chi connectivity index (χ1n) is 9.87. The summed E-state index contributed by atoms with van der Waals surface area (Å²) in [6.07, 6.45) is 5.28. The summed E-state index contributed by atoms with van der Waals surface area (Å²) in [5.74, 6) is 1.48. The Morgan fingerprint density at radius 2 is 2.07 bits per heavy atom. The van der Waals surface area contributed by atoms with Gasteiger partial charge in [0.25, 0.3) is 0 Å². The lowest BCUT2D eigenvalue weighted by atomic mass is 10.0. The van der Waals surface area contributed by atoms with Gasteiger partial charge in [-0.3, -0.25) is 4.79 Å². The molecule has 4 rings (SSSR count). The maximum Gasteiger partial charge on any atom is 0.233 e. The zero-order valence-corrected chi connectivity index (χ0v) is 17.5. The molecule has 3 aromatic rings. The minimum absolute atomic E-state index is 0.214. The number of likely N-dealkylation sites (tertiary alicyclic amines) is 1. The monoisotopic (exact) mass is 394 g/mol. The summed E-state index contributed by atoms with van der Waals surface area (Å²) in [4.78, 5) is 27.1. The maximum atomic E-state index is 12.5. The Bertz CT molecular complexity index is 957. The van der Waals surface area contributed by atoms with Gasteiger partial charge in [-0.1, -0.05) is 11.8 Å². The highest BCUT2D eigenvalue weighted by Crippen LogP contribution is 2.25. The number of carbonyl (C=O) groups excluding carboxylic acids is 1. The molecule has 1 aliphatic heterocycles. The van der Waals surface area contributed by atoms with E-state index in [-0.39, 0.29) is 5.91 Å². The lowest BCUT2D eigenvalue weighted by molar-refractivity contribution is -0.131. The van der Waals surface area contributed by atoms with Crippen molar-refractivity contribution in [1.29, 1.82) is 0 Å². The fourth-order valence-electron chi connectivity index (χ4n) is 3.70. The Morgan fingerprint density at radius 3 is 2.82 bits per heavy atom. The van der Waals surface area contributed by atoms with Gasteiger partial charge in [0.2, 0.25) is 5.91 Å². The van der Waals surface area contributed by atoms with Crippen molar-refractivity contribution in [1.82, 2.24) is 19.9 Å². The average molecular weight is 395 g/mol. The molecule has 0 saturated carbocycles. The summed E-state index contributed by atoms with van der Waals surface area (Å²) in [5, 5.41) is 0.865. The molecule has 0 radical (unpaired) electrons. The number of piperidine rings is 1. The molecule has 146 valence electrons. The number of imidazole rings is 1. The maximum absolute atomic E-state index is 12.5. The van der Waals surface area contributed by atoms with Crippen LogP contribution in [0.3, 0.4) is 0 Å². The summed E-state index contributed by atoms with van der Waals surface area (Å²) in [5.41, 5.74) is 5.45. The fourth-order valence-corrected chi connectivity index (χ4v) is 4.43. The molecule has 0 spiro atoms. The van der Waals surface area contributed by atoms with Crippen molar-refractivity contribution in [2.45, 2.75) is 51.1 Å². The molecule has 3 heterocycles. The van der Waals surface area contributed by atoms with Crippen molar-refractivity contribution in [3.63, 3.8) is 0 Å². The molecule has 0 unspecified atom stereocenters. The lowest BCUT2D eigenvalue weighted by Gasteiger charge is -2.33. The van der Waals surface area contributed by atoms with Crippen molar-refractivity contribution in [3.8, 4) is 11.4 Å². The number of aromatic nitrogens is 3. The Balaban J connectivity index is 1.43. The fraction of sp³-hybridized carbons (Fsp3) is 0.409. The summed E-state index contributed by atoms with van der Waals surface area (Å²) < 4.78 is 0. The molecule has 0 bridgehead atoms. The van der Waals surface area contributed by atoms with Gasteiger partial charge in [0.1, 0.15) is 5.82 Å². The average Bonchev–Trinajstić information content (AvgIpc) is 3.10. The predicted octanol–water partition coefficient (Wildman–Crippen LogP) is 4.73.